The maximum Gasteiger partial charge on any atom is 0.0719 e. The Morgan fingerprint density at radius 2 is 2.06 bits per heavy atom. The minimum Gasteiger partial charge on any atom is -0.392 e. The van der Waals surface area contributed by atoms with E-state index in [1.165, 1.54) is 0 Å². The number of aliphatic hydroxyl groups excluding tert-OH is 1. The van der Waals surface area contributed by atoms with Crippen molar-refractivity contribution in [3.63, 3.8) is 0 Å². The van der Waals surface area contributed by atoms with Crippen molar-refractivity contribution >= 4 is 0 Å². The second-order valence-corrected chi connectivity index (χ2v) is 6.45. The summed E-state index contributed by atoms with van der Waals surface area (Å²) in [6.07, 6.45) is 0.974. The number of hydrogen-bond donors (Lipinski definition) is 2. The summed E-state index contributed by atoms with van der Waals surface area (Å²) in [4.78, 5) is 2.40. The predicted octanol–water partition coefficient (Wildman–Crippen LogP) is 0.597. The van der Waals surface area contributed by atoms with E-state index >= 15 is 0 Å². The summed E-state index contributed by atoms with van der Waals surface area (Å²) in [5.74, 6) is 0. The first-order chi connectivity index (χ1) is 7.85. The van der Waals surface area contributed by atoms with E-state index in [2.05, 4.69) is 37.9 Å². The largest absolute Gasteiger partial charge is 0.392 e. The lowest BCUT2D eigenvalue weighted by molar-refractivity contribution is -0.0756. The lowest BCUT2D eigenvalue weighted by Gasteiger charge is -2.40. The van der Waals surface area contributed by atoms with Crippen LogP contribution in [0, 0.1) is 0 Å². The summed E-state index contributed by atoms with van der Waals surface area (Å²) in [7, 11) is 0. The second kappa shape index (κ2) is 4.84. The molecule has 2 N–H and O–H groups in total. The molecule has 2 rings (SSSR count). The molecule has 0 aliphatic carbocycles. The van der Waals surface area contributed by atoms with Gasteiger partial charge in [0.15, 0.2) is 0 Å². The third-order valence-corrected chi connectivity index (χ3v) is 3.66. The Hall–Kier alpha value is -0.160. The van der Waals surface area contributed by atoms with Crippen LogP contribution < -0.4 is 5.32 Å². The van der Waals surface area contributed by atoms with Gasteiger partial charge in [0, 0.05) is 31.7 Å². The molecule has 0 spiro atoms. The van der Waals surface area contributed by atoms with E-state index in [9.17, 15) is 5.11 Å². The average molecular weight is 242 g/mol. The maximum atomic E-state index is 9.67. The summed E-state index contributed by atoms with van der Waals surface area (Å²) in [5, 5.41) is 13.2. The number of nitrogens with one attached hydrogen (secondary N) is 1. The molecule has 0 bridgehead atoms. The van der Waals surface area contributed by atoms with E-state index in [4.69, 9.17) is 4.74 Å². The first kappa shape index (κ1) is 13.3. The Kier molecular flexibility index (Phi) is 3.78. The first-order valence-electron chi connectivity index (χ1n) is 6.68. The average Bonchev–Trinajstić information content (AvgIpc) is 2.53. The highest BCUT2D eigenvalue weighted by Crippen LogP contribution is 2.23. The third kappa shape index (κ3) is 3.41. The second-order valence-electron chi connectivity index (χ2n) is 6.45. The van der Waals surface area contributed by atoms with Crippen molar-refractivity contribution in [2.45, 2.75) is 64.0 Å². The number of aliphatic hydroxyl groups is 1. The van der Waals surface area contributed by atoms with Gasteiger partial charge in [0.05, 0.1) is 17.8 Å². The van der Waals surface area contributed by atoms with Crippen LogP contribution in [-0.4, -0.2) is 59.5 Å². The van der Waals surface area contributed by atoms with Crippen LogP contribution >= 0.6 is 0 Å². The molecular formula is C13H26N2O2. The number of rotatable bonds is 2. The van der Waals surface area contributed by atoms with E-state index in [1.807, 2.05) is 0 Å². The number of fused-ring (bicyclic) bond motifs is 1. The monoisotopic (exact) mass is 242 g/mol. The smallest absolute Gasteiger partial charge is 0.0719 e. The van der Waals surface area contributed by atoms with Crippen LogP contribution in [0.2, 0.25) is 0 Å². The van der Waals surface area contributed by atoms with Gasteiger partial charge in [0.25, 0.3) is 0 Å². The molecule has 2 fully saturated rings. The van der Waals surface area contributed by atoms with Crippen LogP contribution in [0.3, 0.4) is 0 Å². The van der Waals surface area contributed by atoms with Gasteiger partial charge >= 0.3 is 0 Å². The predicted molar refractivity (Wildman–Crippen MR) is 68.1 cm³/mol. The number of ether oxygens (including phenoxy) is 1. The minimum atomic E-state index is -0.139. The van der Waals surface area contributed by atoms with Crippen LogP contribution in [0.1, 0.15) is 34.1 Å². The minimum absolute atomic E-state index is 0.0948. The molecule has 17 heavy (non-hydrogen) atoms. The lowest BCUT2D eigenvalue weighted by Crippen LogP contribution is -2.58. The summed E-state index contributed by atoms with van der Waals surface area (Å²) in [5.41, 5.74) is -0.0948. The zero-order valence-corrected chi connectivity index (χ0v) is 11.4. The van der Waals surface area contributed by atoms with Crippen molar-refractivity contribution in [3.8, 4) is 0 Å². The van der Waals surface area contributed by atoms with E-state index < -0.39 is 0 Å². The van der Waals surface area contributed by atoms with Crippen LogP contribution in [0.4, 0.5) is 0 Å². The SMILES string of the molecule is C[C@H](OC(C)(C)C)[C@H]1CN2C[C@H](O)C[C@@H]2CN1. The normalized spacial score (nSPS) is 36.9. The zero-order chi connectivity index (χ0) is 12.6. The van der Waals surface area contributed by atoms with Crippen molar-refractivity contribution in [1.82, 2.24) is 10.2 Å². The number of hydrogen-bond acceptors (Lipinski definition) is 4. The van der Waals surface area contributed by atoms with Gasteiger partial charge in [0.1, 0.15) is 0 Å². The Morgan fingerprint density at radius 3 is 2.71 bits per heavy atom. The molecular weight excluding hydrogens is 216 g/mol. The molecule has 2 aliphatic heterocycles. The van der Waals surface area contributed by atoms with Crippen LogP contribution in [-0.2, 0) is 4.74 Å². The van der Waals surface area contributed by atoms with Crippen molar-refractivity contribution in [1.29, 1.82) is 0 Å². The molecule has 2 saturated heterocycles. The molecule has 0 aromatic heterocycles. The Bertz CT molecular complexity index is 265. The molecule has 0 amide bonds. The van der Waals surface area contributed by atoms with Crippen LogP contribution in [0.25, 0.3) is 0 Å². The van der Waals surface area contributed by atoms with Crippen molar-refractivity contribution < 1.29 is 9.84 Å². The molecule has 2 aliphatic rings. The van der Waals surface area contributed by atoms with Crippen molar-refractivity contribution in [3.05, 3.63) is 0 Å². The quantitative estimate of drug-likeness (QED) is 0.744. The van der Waals surface area contributed by atoms with Gasteiger partial charge in [-0.25, -0.2) is 0 Å². The van der Waals surface area contributed by atoms with Crippen LogP contribution in [0.5, 0.6) is 0 Å². The molecule has 4 heteroatoms. The van der Waals surface area contributed by atoms with Gasteiger partial charge in [-0.2, -0.15) is 0 Å². The molecule has 0 unspecified atom stereocenters. The van der Waals surface area contributed by atoms with Gasteiger partial charge in [-0.05, 0) is 34.1 Å². The lowest BCUT2D eigenvalue weighted by atomic mass is 10.1. The van der Waals surface area contributed by atoms with Crippen LogP contribution in [0.15, 0.2) is 0 Å². The molecule has 4 atom stereocenters. The van der Waals surface area contributed by atoms with Crippen molar-refractivity contribution in [2.24, 2.45) is 0 Å². The van der Waals surface area contributed by atoms with E-state index in [0.29, 0.717) is 12.1 Å². The van der Waals surface area contributed by atoms with E-state index in [1.54, 1.807) is 0 Å². The Balaban J connectivity index is 1.87. The molecule has 0 aromatic rings. The third-order valence-electron chi connectivity index (χ3n) is 3.66. The fourth-order valence-corrected chi connectivity index (χ4v) is 2.95. The zero-order valence-electron chi connectivity index (χ0n) is 11.4. The van der Waals surface area contributed by atoms with Crippen molar-refractivity contribution in [2.75, 3.05) is 19.6 Å². The standard InChI is InChI=1S/C13H26N2O2/c1-9(17-13(2,3)4)12-8-15-7-11(16)5-10(15)6-14-12/h9-12,14,16H,5-8H2,1-4H3/t9-,10+,11+,12+/m0/s1. The number of nitrogens with zero attached hydrogens (tertiary/aromatic N) is 1. The number of piperazine rings is 1. The molecule has 0 aromatic carbocycles. The molecule has 4 nitrogen and oxygen atoms in total. The van der Waals surface area contributed by atoms with Gasteiger partial charge < -0.3 is 15.2 Å². The topological polar surface area (TPSA) is 44.7 Å². The first-order valence-corrected chi connectivity index (χ1v) is 6.68. The van der Waals surface area contributed by atoms with Gasteiger partial charge in [-0.3, -0.25) is 4.90 Å². The van der Waals surface area contributed by atoms with Gasteiger partial charge in [-0.15, -0.1) is 0 Å². The summed E-state index contributed by atoms with van der Waals surface area (Å²) < 4.78 is 6.00. The highest BCUT2D eigenvalue weighted by molar-refractivity contribution is 4.95. The molecule has 100 valence electrons. The Labute approximate surface area is 104 Å². The van der Waals surface area contributed by atoms with E-state index in [0.717, 1.165) is 26.1 Å². The van der Waals surface area contributed by atoms with E-state index in [-0.39, 0.29) is 17.8 Å². The van der Waals surface area contributed by atoms with Gasteiger partial charge in [-0.1, -0.05) is 0 Å². The molecule has 0 radical (unpaired) electrons. The highest BCUT2D eigenvalue weighted by Gasteiger charge is 2.37. The molecule has 0 saturated carbocycles. The summed E-state index contributed by atoms with van der Waals surface area (Å²) in [6, 6.07) is 0.888. The Morgan fingerprint density at radius 1 is 1.35 bits per heavy atom. The fraction of sp³-hybridized carbons (Fsp3) is 1.00. The highest BCUT2D eigenvalue weighted by atomic mass is 16.5. The summed E-state index contributed by atoms with van der Waals surface area (Å²) in [6.45, 7) is 11.2. The fourth-order valence-electron chi connectivity index (χ4n) is 2.95. The maximum absolute atomic E-state index is 9.67. The summed E-state index contributed by atoms with van der Waals surface area (Å²) >= 11 is 0. The molecule has 2 heterocycles. The van der Waals surface area contributed by atoms with Gasteiger partial charge in [0.2, 0.25) is 0 Å².